The summed E-state index contributed by atoms with van der Waals surface area (Å²) in [5.74, 6) is 0.619. The van der Waals surface area contributed by atoms with Crippen LogP contribution in [0, 0.1) is 0 Å². The summed E-state index contributed by atoms with van der Waals surface area (Å²) in [6, 6.07) is 12.2. The minimum atomic E-state index is -0.210. The van der Waals surface area contributed by atoms with Crippen LogP contribution in [0.2, 0.25) is 0 Å². The van der Waals surface area contributed by atoms with Gasteiger partial charge in [-0.3, -0.25) is 9.78 Å². The zero-order valence-electron chi connectivity index (χ0n) is 16.7. The molecule has 0 saturated carbocycles. The lowest BCUT2D eigenvalue weighted by Gasteiger charge is -2.38. The number of anilines is 2. The van der Waals surface area contributed by atoms with Crippen LogP contribution >= 0.6 is 0 Å². The Kier molecular flexibility index (Phi) is 7.12. The van der Waals surface area contributed by atoms with Crippen molar-refractivity contribution in [3.8, 4) is 5.75 Å². The highest BCUT2D eigenvalue weighted by molar-refractivity contribution is 5.70. The highest BCUT2D eigenvalue weighted by Crippen LogP contribution is 2.31. The van der Waals surface area contributed by atoms with Gasteiger partial charge >= 0.3 is 5.97 Å². The van der Waals surface area contributed by atoms with Crippen molar-refractivity contribution in [3.63, 3.8) is 0 Å². The van der Waals surface area contributed by atoms with Crippen LogP contribution in [0.4, 0.5) is 11.4 Å². The van der Waals surface area contributed by atoms with E-state index in [4.69, 9.17) is 9.47 Å². The average Bonchev–Trinajstić information content (AvgIpc) is 2.74. The summed E-state index contributed by atoms with van der Waals surface area (Å²) in [4.78, 5) is 20.7. The van der Waals surface area contributed by atoms with Crippen LogP contribution < -0.4 is 14.5 Å². The van der Waals surface area contributed by atoms with Gasteiger partial charge in [0, 0.05) is 44.3 Å². The summed E-state index contributed by atoms with van der Waals surface area (Å²) >= 11 is 0. The third kappa shape index (κ3) is 5.15. The van der Waals surface area contributed by atoms with Crippen LogP contribution in [0.25, 0.3) is 0 Å². The molecule has 1 aromatic heterocycles. The van der Waals surface area contributed by atoms with Crippen molar-refractivity contribution >= 4 is 17.3 Å². The lowest BCUT2D eigenvalue weighted by Crippen LogP contribution is -2.46. The van der Waals surface area contributed by atoms with E-state index in [9.17, 15) is 4.79 Å². The minimum Gasteiger partial charge on any atom is -0.488 e. The molecule has 1 unspecified atom stereocenters. The summed E-state index contributed by atoms with van der Waals surface area (Å²) in [7, 11) is 0. The third-order valence-electron chi connectivity index (χ3n) is 4.96. The Morgan fingerprint density at radius 1 is 1.04 bits per heavy atom. The number of rotatable bonds is 8. The first-order valence-electron chi connectivity index (χ1n) is 10.0. The zero-order chi connectivity index (χ0) is 19.8. The number of hydrogen-bond acceptors (Lipinski definition) is 6. The Balaban J connectivity index is 1.64. The van der Waals surface area contributed by atoms with Gasteiger partial charge in [-0.05, 0) is 37.6 Å². The topological polar surface area (TPSA) is 54.9 Å². The predicted octanol–water partition coefficient (Wildman–Crippen LogP) is 3.52. The van der Waals surface area contributed by atoms with E-state index in [1.54, 1.807) is 0 Å². The van der Waals surface area contributed by atoms with Crippen LogP contribution in [0.15, 0.2) is 48.8 Å². The largest absolute Gasteiger partial charge is 0.488 e. The van der Waals surface area contributed by atoms with Crippen LogP contribution in [-0.4, -0.2) is 49.8 Å². The quantitative estimate of drug-likeness (QED) is 0.650. The van der Waals surface area contributed by atoms with E-state index in [0.29, 0.717) is 6.61 Å². The number of pyridine rings is 1. The molecule has 28 heavy (non-hydrogen) atoms. The van der Waals surface area contributed by atoms with Crippen molar-refractivity contribution in [2.75, 3.05) is 42.6 Å². The van der Waals surface area contributed by atoms with E-state index in [2.05, 4.69) is 20.9 Å². The van der Waals surface area contributed by atoms with Gasteiger partial charge in [0.15, 0.2) is 0 Å². The fourth-order valence-corrected chi connectivity index (χ4v) is 3.43. The number of carbonyl (C=O) groups excluding carboxylic acids is 1. The van der Waals surface area contributed by atoms with Gasteiger partial charge in [-0.25, -0.2) is 0 Å². The fraction of sp³-hybridized carbons (Fsp3) is 0.455. The highest BCUT2D eigenvalue weighted by Gasteiger charge is 2.22. The van der Waals surface area contributed by atoms with Crippen molar-refractivity contribution in [1.29, 1.82) is 0 Å². The van der Waals surface area contributed by atoms with Gasteiger partial charge in [0.2, 0.25) is 0 Å². The fourth-order valence-electron chi connectivity index (χ4n) is 3.43. The number of aromatic nitrogens is 1. The highest BCUT2D eigenvalue weighted by atomic mass is 16.5. The first-order valence-corrected chi connectivity index (χ1v) is 10.0. The standard InChI is InChI=1S/C22H29N3O3/c1-3-19(17-22(26)27-4-2)28-21-8-6-5-7-20(21)25-15-13-24(14-16-25)18-9-11-23-12-10-18/h5-12,19H,3-4,13-17H2,1-2H3. The van der Waals surface area contributed by atoms with Gasteiger partial charge in [-0.1, -0.05) is 19.1 Å². The second-order valence-corrected chi connectivity index (χ2v) is 6.80. The molecule has 1 atom stereocenters. The average molecular weight is 383 g/mol. The molecule has 1 aromatic carbocycles. The van der Waals surface area contributed by atoms with E-state index in [1.807, 2.05) is 56.6 Å². The molecule has 1 aliphatic rings. The predicted molar refractivity (Wildman–Crippen MR) is 111 cm³/mol. The number of nitrogens with zero attached hydrogens (tertiary/aromatic N) is 3. The molecular weight excluding hydrogens is 354 g/mol. The monoisotopic (exact) mass is 383 g/mol. The number of piperazine rings is 1. The molecule has 0 aliphatic carbocycles. The first-order chi connectivity index (χ1) is 13.7. The maximum absolute atomic E-state index is 11.8. The van der Waals surface area contributed by atoms with E-state index in [-0.39, 0.29) is 18.5 Å². The number of benzene rings is 1. The van der Waals surface area contributed by atoms with Crippen LogP contribution in [0.1, 0.15) is 26.7 Å². The Morgan fingerprint density at radius 3 is 2.39 bits per heavy atom. The smallest absolute Gasteiger partial charge is 0.309 e. The summed E-state index contributed by atoms with van der Waals surface area (Å²) in [6.07, 6.45) is 4.51. The van der Waals surface area contributed by atoms with Gasteiger partial charge < -0.3 is 19.3 Å². The van der Waals surface area contributed by atoms with Crippen LogP contribution in [0.5, 0.6) is 5.75 Å². The molecule has 3 rings (SSSR count). The lowest BCUT2D eigenvalue weighted by molar-refractivity contribution is -0.145. The molecule has 0 amide bonds. The van der Waals surface area contributed by atoms with Gasteiger partial charge in [-0.2, -0.15) is 0 Å². The molecule has 0 radical (unpaired) electrons. The van der Waals surface area contributed by atoms with Crippen molar-refractivity contribution in [2.24, 2.45) is 0 Å². The molecule has 0 spiro atoms. The molecule has 150 valence electrons. The Hall–Kier alpha value is -2.76. The third-order valence-corrected chi connectivity index (χ3v) is 4.96. The summed E-state index contributed by atoms with van der Waals surface area (Å²) in [6.45, 7) is 7.96. The first kappa shape index (κ1) is 20.0. The normalized spacial score (nSPS) is 15.2. The molecule has 6 nitrogen and oxygen atoms in total. The summed E-state index contributed by atoms with van der Waals surface area (Å²) in [5.41, 5.74) is 2.29. The van der Waals surface area contributed by atoms with E-state index < -0.39 is 0 Å². The van der Waals surface area contributed by atoms with Crippen molar-refractivity contribution in [3.05, 3.63) is 48.8 Å². The number of ether oxygens (including phenoxy) is 2. The SMILES string of the molecule is CCOC(=O)CC(CC)Oc1ccccc1N1CCN(c2ccncc2)CC1. The van der Waals surface area contributed by atoms with Crippen molar-refractivity contribution < 1.29 is 14.3 Å². The van der Waals surface area contributed by atoms with Gasteiger partial charge in [0.05, 0.1) is 18.7 Å². The maximum atomic E-state index is 11.8. The Morgan fingerprint density at radius 2 is 1.71 bits per heavy atom. The van der Waals surface area contributed by atoms with E-state index >= 15 is 0 Å². The maximum Gasteiger partial charge on any atom is 0.309 e. The second kappa shape index (κ2) is 9.97. The molecule has 0 N–H and O–H groups in total. The number of para-hydroxylation sites is 2. The van der Waals surface area contributed by atoms with E-state index in [1.165, 1.54) is 5.69 Å². The summed E-state index contributed by atoms with van der Waals surface area (Å²) in [5, 5.41) is 0. The van der Waals surface area contributed by atoms with E-state index in [0.717, 1.165) is 44.0 Å². The Labute approximate surface area is 167 Å². The second-order valence-electron chi connectivity index (χ2n) is 6.80. The molecular formula is C22H29N3O3. The molecule has 0 bridgehead atoms. The number of carbonyl (C=O) groups is 1. The lowest BCUT2D eigenvalue weighted by atomic mass is 10.2. The minimum absolute atomic E-state index is 0.182. The molecule has 1 aliphatic heterocycles. The van der Waals surface area contributed by atoms with Gasteiger partial charge in [-0.15, -0.1) is 0 Å². The number of esters is 1. The van der Waals surface area contributed by atoms with Crippen molar-refractivity contribution in [2.45, 2.75) is 32.8 Å². The molecule has 1 saturated heterocycles. The molecule has 2 heterocycles. The molecule has 1 fully saturated rings. The molecule has 6 heteroatoms. The van der Waals surface area contributed by atoms with Gasteiger partial charge in [0.1, 0.15) is 11.9 Å². The van der Waals surface area contributed by atoms with Crippen molar-refractivity contribution in [1.82, 2.24) is 4.98 Å². The van der Waals surface area contributed by atoms with Crippen LogP contribution in [-0.2, 0) is 9.53 Å². The number of hydrogen-bond donors (Lipinski definition) is 0. The zero-order valence-corrected chi connectivity index (χ0v) is 16.7. The Bertz CT molecular complexity index is 746. The summed E-state index contributed by atoms with van der Waals surface area (Å²) < 4.78 is 11.3. The van der Waals surface area contributed by atoms with Crippen LogP contribution in [0.3, 0.4) is 0 Å². The molecule has 2 aromatic rings. The van der Waals surface area contributed by atoms with Gasteiger partial charge in [0.25, 0.3) is 0 Å².